The second-order valence-electron chi connectivity index (χ2n) is 6.06. The van der Waals surface area contributed by atoms with E-state index in [0.29, 0.717) is 16.1 Å². The summed E-state index contributed by atoms with van der Waals surface area (Å²) in [6.07, 6.45) is 1.40. The van der Waals surface area contributed by atoms with Gasteiger partial charge in [-0.15, -0.1) is 0 Å². The quantitative estimate of drug-likeness (QED) is 0.358. The van der Waals surface area contributed by atoms with E-state index in [2.05, 4.69) is 15.1 Å². The van der Waals surface area contributed by atoms with Crippen LogP contribution in [0.2, 0.25) is 10.0 Å². The number of hydrogen-bond acceptors (Lipinski definition) is 6. The maximum absolute atomic E-state index is 12.9. The molecule has 12 heteroatoms. The van der Waals surface area contributed by atoms with Crippen molar-refractivity contribution in [1.82, 2.24) is 19.7 Å². The molecule has 0 bridgehead atoms. The molecule has 0 saturated carbocycles. The van der Waals surface area contributed by atoms with Crippen LogP contribution in [0.15, 0.2) is 50.8 Å². The molecular formula is C18H9Cl2F3N4O2S. The number of alkyl halides is 3. The lowest BCUT2D eigenvalue weighted by atomic mass is 10.1. The maximum atomic E-state index is 12.9. The lowest BCUT2D eigenvalue weighted by Crippen LogP contribution is -2.08. The molecule has 0 atom stereocenters. The largest absolute Gasteiger partial charge is 0.447 e. The fourth-order valence-electron chi connectivity index (χ4n) is 2.79. The van der Waals surface area contributed by atoms with Crippen LogP contribution in [-0.4, -0.2) is 25.3 Å². The molecule has 0 saturated heterocycles. The molecule has 0 aliphatic rings. The van der Waals surface area contributed by atoms with E-state index < -0.39 is 27.9 Å². The number of benzene rings is 1. The number of pyridine rings is 1. The number of rotatable bonds is 3. The van der Waals surface area contributed by atoms with Gasteiger partial charge in [0.15, 0.2) is 5.82 Å². The minimum Gasteiger partial charge on any atom is -0.401 e. The molecule has 0 unspecified atom stereocenters. The summed E-state index contributed by atoms with van der Waals surface area (Å²) in [5, 5.41) is 4.16. The highest BCUT2D eigenvalue weighted by molar-refractivity contribution is 8.00. The maximum Gasteiger partial charge on any atom is 0.447 e. The predicted molar refractivity (Wildman–Crippen MR) is 107 cm³/mol. The molecule has 0 radical (unpaired) electrons. The van der Waals surface area contributed by atoms with Gasteiger partial charge in [-0.1, -0.05) is 23.2 Å². The van der Waals surface area contributed by atoms with Crippen molar-refractivity contribution in [3.8, 4) is 17.4 Å². The standard InChI is InChI=1S/C18H9Cl2F3N4O2S/c1-8-5-9(19)6-10-14(8)25-16(29-17(10)28)12-7-13(30-18(21,22)23)26-27(12)15-11(20)3-2-4-24-15/h2-7H,1H3. The SMILES string of the molecule is Cc1cc(Cl)cc2c(=O)oc(-c3cc(SC(F)(F)F)nn3-c3ncccc3Cl)nc12. The van der Waals surface area contributed by atoms with Crippen molar-refractivity contribution in [2.24, 2.45) is 0 Å². The third-order valence-electron chi connectivity index (χ3n) is 3.95. The summed E-state index contributed by atoms with van der Waals surface area (Å²) in [4.78, 5) is 20.9. The molecule has 1 aromatic carbocycles. The van der Waals surface area contributed by atoms with E-state index in [9.17, 15) is 18.0 Å². The summed E-state index contributed by atoms with van der Waals surface area (Å²) in [6.45, 7) is 1.70. The van der Waals surface area contributed by atoms with Gasteiger partial charge in [0.1, 0.15) is 10.7 Å². The van der Waals surface area contributed by atoms with Crippen molar-refractivity contribution in [2.75, 3.05) is 0 Å². The van der Waals surface area contributed by atoms with E-state index in [1.54, 1.807) is 19.1 Å². The van der Waals surface area contributed by atoms with Crippen LogP contribution >= 0.6 is 35.0 Å². The summed E-state index contributed by atoms with van der Waals surface area (Å²) in [6, 6.07) is 7.18. The van der Waals surface area contributed by atoms with Gasteiger partial charge >= 0.3 is 11.1 Å². The molecule has 0 N–H and O–H groups in total. The van der Waals surface area contributed by atoms with Gasteiger partial charge in [-0.25, -0.2) is 19.4 Å². The molecule has 0 aliphatic heterocycles. The van der Waals surface area contributed by atoms with E-state index in [4.69, 9.17) is 27.6 Å². The highest BCUT2D eigenvalue weighted by Gasteiger charge is 2.32. The van der Waals surface area contributed by atoms with Gasteiger partial charge in [0, 0.05) is 29.0 Å². The second-order valence-corrected chi connectivity index (χ2v) is 7.99. The zero-order valence-electron chi connectivity index (χ0n) is 14.9. The molecule has 0 spiro atoms. The monoisotopic (exact) mass is 472 g/mol. The van der Waals surface area contributed by atoms with Crippen LogP contribution in [0.5, 0.6) is 0 Å². The van der Waals surface area contributed by atoms with E-state index >= 15 is 0 Å². The Balaban J connectivity index is 1.98. The summed E-state index contributed by atoms with van der Waals surface area (Å²) in [5.74, 6) is -0.179. The van der Waals surface area contributed by atoms with Gasteiger partial charge < -0.3 is 4.42 Å². The normalized spacial score (nSPS) is 11.9. The Bertz CT molecular complexity index is 1340. The van der Waals surface area contributed by atoms with Gasteiger partial charge in [0.2, 0.25) is 5.89 Å². The minimum atomic E-state index is -4.57. The van der Waals surface area contributed by atoms with Crippen molar-refractivity contribution < 1.29 is 17.6 Å². The summed E-state index contributed by atoms with van der Waals surface area (Å²) in [7, 11) is 0. The third-order valence-corrected chi connectivity index (χ3v) is 5.11. The Hall–Kier alpha value is -2.56. The highest BCUT2D eigenvalue weighted by atomic mass is 35.5. The van der Waals surface area contributed by atoms with Gasteiger partial charge in [0.05, 0.1) is 15.9 Å². The molecule has 3 heterocycles. The van der Waals surface area contributed by atoms with Crippen molar-refractivity contribution in [3.63, 3.8) is 0 Å². The molecule has 4 aromatic rings. The third kappa shape index (κ3) is 4.03. The molecule has 0 aliphatic carbocycles. The van der Waals surface area contributed by atoms with Gasteiger partial charge in [-0.3, -0.25) is 0 Å². The number of hydrogen-bond donors (Lipinski definition) is 0. The Morgan fingerprint density at radius 3 is 2.67 bits per heavy atom. The first-order chi connectivity index (χ1) is 14.1. The van der Waals surface area contributed by atoms with Gasteiger partial charge in [-0.2, -0.15) is 18.3 Å². The average Bonchev–Trinajstić information content (AvgIpc) is 3.04. The van der Waals surface area contributed by atoms with Crippen molar-refractivity contribution in [2.45, 2.75) is 17.5 Å². The van der Waals surface area contributed by atoms with Crippen LogP contribution in [-0.2, 0) is 0 Å². The number of halogens is 5. The predicted octanol–water partition coefficient (Wildman–Crippen LogP) is 5.66. The van der Waals surface area contributed by atoms with Crippen molar-refractivity contribution in [1.29, 1.82) is 0 Å². The summed E-state index contributed by atoms with van der Waals surface area (Å²) < 4.78 is 45.0. The summed E-state index contributed by atoms with van der Waals surface area (Å²) in [5.41, 5.74) is -4.44. The number of thioether (sulfide) groups is 1. The van der Waals surface area contributed by atoms with Gasteiger partial charge in [0.25, 0.3) is 0 Å². The number of aromatic nitrogens is 4. The lowest BCUT2D eigenvalue weighted by Gasteiger charge is -2.08. The number of nitrogens with zero attached hydrogens (tertiary/aromatic N) is 4. The zero-order chi connectivity index (χ0) is 21.6. The smallest absolute Gasteiger partial charge is 0.401 e. The first kappa shape index (κ1) is 20.7. The lowest BCUT2D eigenvalue weighted by molar-refractivity contribution is -0.0329. The Labute approximate surface area is 180 Å². The minimum absolute atomic E-state index is 0.0179. The van der Waals surface area contributed by atoms with Crippen LogP contribution in [0.25, 0.3) is 28.3 Å². The molecule has 0 amide bonds. The zero-order valence-corrected chi connectivity index (χ0v) is 17.2. The van der Waals surface area contributed by atoms with Crippen LogP contribution in [0.1, 0.15) is 5.56 Å². The summed E-state index contributed by atoms with van der Waals surface area (Å²) >= 11 is 11.7. The molecule has 0 fully saturated rings. The molecule has 6 nitrogen and oxygen atoms in total. The molecular weight excluding hydrogens is 464 g/mol. The fraction of sp³-hybridized carbons (Fsp3) is 0.111. The van der Waals surface area contributed by atoms with Crippen LogP contribution in [0.3, 0.4) is 0 Å². The van der Waals surface area contributed by atoms with Crippen molar-refractivity contribution in [3.05, 3.63) is 62.6 Å². The van der Waals surface area contributed by atoms with E-state index in [-0.39, 0.29) is 27.8 Å². The van der Waals surface area contributed by atoms with Crippen LogP contribution < -0.4 is 5.63 Å². The van der Waals surface area contributed by atoms with Gasteiger partial charge in [-0.05, 0) is 36.8 Å². The average molecular weight is 473 g/mol. The van der Waals surface area contributed by atoms with Crippen LogP contribution in [0, 0.1) is 6.92 Å². The Morgan fingerprint density at radius 1 is 1.20 bits per heavy atom. The van der Waals surface area contributed by atoms with Crippen molar-refractivity contribution >= 4 is 45.9 Å². The molecule has 4 rings (SSSR count). The fourth-order valence-corrected chi connectivity index (χ4v) is 3.80. The molecule has 154 valence electrons. The highest BCUT2D eigenvalue weighted by Crippen LogP contribution is 2.38. The van der Waals surface area contributed by atoms with E-state index in [0.717, 1.165) is 10.7 Å². The number of aryl methyl sites for hydroxylation is 1. The molecule has 3 aromatic heterocycles. The van der Waals surface area contributed by atoms with E-state index in [1.807, 2.05) is 0 Å². The first-order valence-corrected chi connectivity index (χ1v) is 9.78. The second kappa shape index (κ2) is 7.60. The molecule has 30 heavy (non-hydrogen) atoms. The topological polar surface area (TPSA) is 73.8 Å². The Morgan fingerprint density at radius 2 is 1.97 bits per heavy atom. The first-order valence-electron chi connectivity index (χ1n) is 8.20. The van der Waals surface area contributed by atoms with Crippen LogP contribution in [0.4, 0.5) is 13.2 Å². The number of fused-ring (bicyclic) bond motifs is 1. The van der Waals surface area contributed by atoms with E-state index in [1.165, 1.54) is 18.3 Å². The Kier molecular flexibility index (Phi) is 5.25.